The smallest absolute Gasteiger partial charge is 0.253 e. The molecule has 2 aromatic carbocycles. The van der Waals surface area contributed by atoms with E-state index in [-0.39, 0.29) is 5.91 Å². The van der Waals surface area contributed by atoms with Crippen LogP contribution in [0.5, 0.6) is 0 Å². The number of anilines is 2. The zero-order chi connectivity index (χ0) is 18.0. The first-order valence-electron chi connectivity index (χ1n) is 8.53. The molecule has 1 aliphatic heterocycles. The molecule has 0 atom stereocenters. The zero-order valence-electron chi connectivity index (χ0n) is 15.0. The number of carbonyl (C=O) groups excluding carboxylic acids is 1. The second-order valence-electron chi connectivity index (χ2n) is 6.65. The number of hydrogen-bond donors (Lipinski definition) is 0. The minimum Gasteiger partial charge on any atom is -0.378 e. The topological polar surface area (TPSA) is 26.8 Å². The second-order valence-corrected chi connectivity index (χ2v) is 7.09. The minimum atomic E-state index is 0.104. The van der Waals surface area contributed by atoms with E-state index in [1.165, 1.54) is 5.56 Å². The fraction of sp³-hybridized carbons (Fsp3) is 0.350. The first-order valence-corrected chi connectivity index (χ1v) is 8.91. The van der Waals surface area contributed by atoms with Gasteiger partial charge in [0.1, 0.15) is 0 Å². The van der Waals surface area contributed by atoms with E-state index in [1.54, 1.807) is 0 Å². The van der Waals surface area contributed by atoms with E-state index in [2.05, 4.69) is 11.8 Å². The highest BCUT2D eigenvalue weighted by atomic mass is 35.5. The van der Waals surface area contributed by atoms with Gasteiger partial charge in [0.05, 0.1) is 0 Å². The molecule has 0 aliphatic carbocycles. The van der Waals surface area contributed by atoms with Gasteiger partial charge in [-0.1, -0.05) is 17.7 Å². The van der Waals surface area contributed by atoms with Crippen LogP contribution in [-0.4, -0.2) is 51.1 Å². The van der Waals surface area contributed by atoms with E-state index in [0.29, 0.717) is 0 Å². The molecule has 3 rings (SSSR count). The van der Waals surface area contributed by atoms with Crippen molar-refractivity contribution in [3.05, 3.63) is 58.6 Å². The van der Waals surface area contributed by atoms with Crippen molar-refractivity contribution < 1.29 is 4.79 Å². The summed E-state index contributed by atoms with van der Waals surface area (Å²) < 4.78 is 0. The molecule has 0 unspecified atom stereocenters. The molecule has 5 heteroatoms. The summed E-state index contributed by atoms with van der Waals surface area (Å²) in [5.74, 6) is 0.104. The number of halogens is 1. The van der Waals surface area contributed by atoms with Crippen LogP contribution in [0.1, 0.15) is 15.9 Å². The SMILES string of the molecule is Cc1ccc(Cl)cc1N1CCN(C(=O)c2ccc(N(C)C)cc2)CC1. The van der Waals surface area contributed by atoms with Crippen LogP contribution in [0.2, 0.25) is 5.02 Å². The molecule has 0 bridgehead atoms. The van der Waals surface area contributed by atoms with E-state index < -0.39 is 0 Å². The van der Waals surface area contributed by atoms with Crippen LogP contribution in [0.25, 0.3) is 0 Å². The molecule has 0 saturated carbocycles. The molecule has 25 heavy (non-hydrogen) atoms. The molecule has 2 aromatic rings. The Bertz CT molecular complexity index is 750. The maximum atomic E-state index is 12.7. The van der Waals surface area contributed by atoms with Crippen LogP contribution < -0.4 is 9.80 Å². The van der Waals surface area contributed by atoms with E-state index in [9.17, 15) is 4.79 Å². The summed E-state index contributed by atoms with van der Waals surface area (Å²) in [5, 5.41) is 0.750. The van der Waals surface area contributed by atoms with E-state index in [1.807, 2.05) is 66.4 Å². The third-order valence-corrected chi connectivity index (χ3v) is 4.94. The monoisotopic (exact) mass is 357 g/mol. The number of benzene rings is 2. The lowest BCUT2D eigenvalue weighted by molar-refractivity contribution is 0.0747. The molecule has 1 heterocycles. The highest BCUT2D eigenvalue weighted by Crippen LogP contribution is 2.25. The van der Waals surface area contributed by atoms with E-state index in [4.69, 9.17) is 11.6 Å². The van der Waals surface area contributed by atoms with E-state index in [0.717, 1.165) is 48.1 Å². The van der Waals surface area contributed by atoms with Crippen molar-refractivity contribution in [1.82, 2.24) is 4.90 Å². The van der Waals surface area contributed by atoms with Crippen molar-refractivity contribution >= 4 is 28.9 Å². The largest absolute Gasteiger partial charge is 0.378 e. The number of rotatable bonds is 3. The lowest BCUT2D eigenvalue weighted by Gasteiger charge is -2.37. The zero-order valence-corrected chi connectivity index (χ0v) is 15.8. The molecule has 132 valence electrons. The Labute approximate surface area is 154 Å². The van der Waals surface area contributed by atoms with Gasteiger partial charge >= 0.3 is 0 Å². The van der Waals surface area contributed by atoms with Crippen LogP contribution >= 0.6 is 11.6 Å². The van der Waals surface area contributed by atoms with Crippen molar-refractivity contribution in [2.45, 2.75) is 6.92 Å². The first-order chi connectivity index (χ1) is 12.0. The number of nitrogens with zero attached hydrogens (tertiary/aromatic N) is 3. The molecule has 0 radical (unpaired) electrons. The molecule has 1 amide bonds. The van der Waals surface area contributed by atoms with Gasteiger partial charge in [0.25, 0.3) is 5.91 Å². The summed E-state index contributed by atoms with van der Waals surface area (Å²) in [6.07, 6.45) is 0. The summed E-state index contributed by atoms with van der Waals surface area (Å²) in [7, 11) is 3.99. The standard InChI is InChI=1S/C20H24ClN3O/c1-15-4-7-17(21)14-19(15)23-10-12-24(13-11-23)20(25)16-5-8-18(9-6-16)22(2)3/h4-9,14H,10-13H2,1-3H3. The molecule has 0 N–H and O–H groups in total. The number of amides is 1. The molecule has 4 nitrogen and oxygen atoms in total. The molecule has 1 aliphatic rings. The van der Waals surface area contributed by atoms with Crippen molar-refractivity contribution in [2.75, 3.05) is 50.1 Å². The lowest BCUT2D eigenvalue weighted by atomic mass is 10.1. The number of aryl methyl sites for hydroxylation is 1. The summed E-state index contributed by atoms with van der Waals surface area (Å²) >= 11 is 6.14. The fourth-order valence-corrected chi connectivity index (χ4v) is 3.32. The van der Waals surface area contributed by atoms with E-state index >= 15 is 0 Å². The Morgan fingerprint density at radius 3 is 2.24 bits per heavy atom. The summed E-state index contributed by atoms with van der Waals surface area (Å²) in [5.41, 5.74) is 4.22. The first kappa shape index (κ1) is 17.6. The highest BCUT2D eigenvalue weighted by molar-refractivity contribution is 6.30. The summed E-state index contributed by atoms with van der Waals surface area (Å²) in [6.45, 7) is 5.18. The lowest BCUT2D eigenvalue weighted by Crippen LogP contribution is -2.49. The van der Waals surface area contributed by atoms with Crippen molar-refractivity contribution in [2.24, 2.45) is 0 Å². The second kappa shape index (κ2) is 7.36. The Morgan fingerprint density at radius 2 is 1.64 bits per heavy atom. The van der Waals surface area contributed by atoms with Gasteiger partial charge in [0.2, 0.25) is 0 Å². The Kier molecular flexibility index (Phi) is 5.19. The van der Waals surface area contributed by atoms with Crippen molar-refractivity contribution in [3.8, 4) is 0 Å². The minimum absolute atomic E-state index is 0.104. The van der Waals surface area contributed by atoms with Gasteiger partial charge < -0.3 is 14.7 Å². The maximum Gasteiger partial charge on any atom is 0.253 e. The summed E-state index contributed by atoms with van der Waals surface area (Å²) in [4.78, 5) is 19.0. The van der Waals surface area contributed by atoms with Crippen LogP contribution in [0.15, 0.2) is 42.5 Å². The molecular weight excluding hydrogens is 334 g/mol. The predicted octanol–water partition coefficient (Wildman–Crippen LogP) is 3.68. The average molecular weight is 358 g/mol. The van der Waals surface area contributed by atoms with Gasteiger partial charge in [-0.25, -0.2) is 0 Å². The van der Waals surface area contributed by atoms with Gasteiger partial charge in [-0.15, -0.1) is 0 Å². The Hall–Kier alpha value is -2.20. The number of piperazine rings is 1. The van der Waals surface area contributed by atoms with Crippen molar-refractivity contribution in [1.29, 1.82) is 0 Å². The third kappa shape index (κ3) is 3.90. The maximum absolute atomic E-state index is 12.7. The van der Waals surface area contributed by atoms with Crippen molar-refractivity contribution in [3.63, 3.8) is 0 Å². The predicted molar refractivity (Wildman–Crippen MR) is 105 cm³/mol. The Morgan fingerprint density at radius 1 is 1.00 bits per heavy atom. The van der Waals surface area contributed by atoms with Gasteiger partial charge in [0, 0.05) is 62.2 Å². The van der Waals surface area contributed by atoms with Crippen LogP contribution in [0, 0.1) is 6.92 Å². The summed E-state index contributed by atoms with van der Waals surface area (Å²) in [6, 6.07) is 13.8. The normalized spacial score (nSPS) is 14.6. The van der Waals surface area contributed by atoms with Gasteiger partial charge in [-0.3, -0.25) is 4.79 Å². The van der Waals surface area contributed by atoms with Crippen LogP contribution in [0.4, 0.5) is 11.4 Å². The van der Waals surface area contributed by atoms with Gasteiger partial charge in [-0.05, 0) is 48.9 Å². The number of hydrogen-bond acceptors (Lipinski definition) is 3. The molecular formula is C20H24ClN3O. The fourth-order valence-electron chi connectivity index (χ4n) is 3.16. The van der Waals surface area contributed by atoms with Crippen LogP contribution in [0.3, 0.4) is 0 Å². The van der Waals surface area contributed by atoms with Gasteiger partial charge in [-0.2, -0.15) is 0 Å². The molecule has 1 saturated heterocycles. The molecule has 0 spiro atoms. The third-order valence-electron chi connectivity index (χ3n) is 4.71. The molecule has 1 fully saturated rings. The van der Waals surface area contributed by atoms with Gasteiger partial charge in [0.15, 0.2) is 0 Å². The average Bonchev–Trinajstić information content (AvgIpc) is 2.63. The molecule has 0 aromatic heterocycles. The number of carbonyl (C=O) groups is 1. The van der Waals surface area contributed by atoms with Crippen LogP contribution in [-0.2, 0) is 0 Å². The Balaban J connectivity index is 1.65. The quantitative estimate of drug-likeness (QED) is 0.838. The highest BCUT2D eigenvalue weighted by Gasteiger charge is 2.23.